The minimum atomic E-state index is -3.56. The number of hydrogen-bond donors (Lipinski definition) is 0. The molecule has 0 unspecified atom stereocenters. The Kier molecular flexibility index (Phi) is 5.59. The Morgan fingerprint density at radius 1 is 0.933 bits per heavy atom. The van der Waals surface area contributed by atoms with Crippen LogP contribution in [0.2, 0.25) is 0 Å². The van der Waals surface area contributed by atoms with Crippen LogP contribution in [0, 0.1) is 0 Å². The number of piperazine rings is 1. The van der Waals surface area contributed by atoms with Crippen LogP contribution < -0.4 is 9.64 Å². The highest BCUT2D eigenvalue weighted by Gasteiger charge is 2.44. The van der Waals surface area contributed by atoms with Gasteiger partial charge in [-0.25, -0.2) is 13.3 Å². The van der Waals surface area contributed by atoms with Gasteiger partial charge in [0.2, 0.25) is 15.9 Å². The molecule has 158 valence electrons. The molecule has 0 saturated carbocycles. The monoisotopic (exact) mass is 429 g/mol. The van der Waals surface area contributed by atoms with E-state index in [0.29, 0.717) is 24.5 Å². The number of nitrogens with zero attached hydrogens (tertiary/aromatic N) is 3. The summed E-state index contributed by atoms with van der Waals surface area (Å²) in [7, 11) is -2.04. The highest BCUT2D eigenvalue weighted by atomic mass is 32.2. The van der Waals surface area contributed by atoms with Crippen molar-refractivity contribution in [1.29, 1.82) is 0 Å². The lowest BCUT2D eigenvalue weighted by Gasteiger charge is -2.36. The third kappa shape index (κ3) is 3.71. The Morgan fingerprint density at radius 2 is 1.63 bits per heavy atom. The summed E-state index contributed by atoms with van der Waals surface area (Å²) in [6.45, 7) is 1.33. The van der Waals surface area contributed by atoms with Gasteiger partial charge in [0.25, 0.3) is 5.91 Å². The van der Waals surface area contributed by atoms with Gasteiger partial charge in [0.05, 0.1) is 30.2 Å². The average molecular weight is 429 g/mol. The lowest BCUT2D eigenvalue weighted by molar-refractivity contribution is -0.123. The Bertz CT molecular complexity index is 1050. The topological polar surface area (TPSA) is 87.2 Å². The number of anilines is 1. The number of benzene rings is 2. The van der Waals surface area contributed by atoms with Gasteiger partial charge in [0.1, 0.15) is 5.75 Å². The number of ether oxygens (including phenoxy) is 1. The summed E-state index contributed by atoms with van der Waals surface area (Å²) in [5.41, 5.74) is 0.483. The highest BCUT2D eigenvalue weighted by molar-refractivity contribution is 7.89. The molecule has 0 radical (unpaired) electrons. The lowest BCUT2D eigenvalue weighted by atomic mass is 10.2. The molecule has 30 heavy (non-hydrogen) atoms. The molecule has 2 fully saturated rings. The first-order valence-corrected chi connectivity index (χ1v) is 11.2. The molecule has 1 atom stereocenters. The summed E-state index contributed by atoms with van der Waals surface area (Å²) in [6, 6.07) is 14.6. The Hall–Kier alpha value is -2.75. The molecule has 2 aromatic carbocycles. The van der Waals surface area contributed by atoms with Gasteiger partial charge in [-0.15, -0.1) is 0 Å². The molecule has 2 amide bonds. The van der Waals surface area contributed by atoms with Crippen molar-refractivity contribution in [3.8, 4) is 5.75 Å². The minimum Gasteiger partial charge on any atom is -0.497 e. The second-order valence-electron chi connectivity index (χ2n) is 7.24. The van der Waals surface area contributed by atoms with E-state index in [1.807, 2.05) is 4.90 Å². The van der Waals surface area contributed by atoms with E-state index in [0.717, 1.165) is 0 Å². The molecule has 2 aliphatic heterocycles. The van der Waals surface area contributed by atoms with Crippen molar-refractivity contribution >= 4 is 27.5 Å². The molecule has 0 aliphatic carbocycles. The van der Waals surface area contributed by atoms with E-state index < -0.39 is 16.1 Å². The predicted molar refractivity (Wildman–Crippen MR) is 111 cm³/mol. The van der Waals surface area contributed by atoms with Gasteiger partial charge in [-0.3, -0.25) is 14.5 Å². The zero-order chi connectivity index (χ0) is 21.3. The van der Waals surface area contributed by atoms with Gasteiger partial charge in [0.15, 0.2) is 0 Å². The molecule has 2 saturated heterocycles. The summed E-state index contributed by atoms with van der Waals surface area (Å²) >= 11 is 0. The molecule has 2 aromatic rings. The van der Waals surface area contributed by atoms with Crippen LogP contribution in [-0.4, -0.2) is 68.8 Å². The van der Waals surface area contributed by atoms with E-state index in [4.69, 9.17) is 4.74 Å². The van der Waals surface area contributed by atoms with Crippen molar-refractivity contribution < 1.29 is 22.7 Å². The van der Waals surface area contributed by atoms with E-state index in [-0.39, 0.29) is 36.2 Å². The van der Waals surface area contributed by atoms with Crippen LogP contribution in [-0.2, 0) is 19.6 Å². The summed E-state index contributed by atoms with van der Waals surface area (Å²) in [5, 5.41) is 0. The van der Waals surface area contributed by atoms with Gasteiger partial charge in [-0.1, -0.05) is 24.3 Å². The van der Waals surface area contributed by atoms with Crippen LogP contribution in [0.1, 0.15) is 6.42 Å². The maximum Gasteiger partial charge on any atom is 0.251 e. The van der Waals surface area contributed by atoms with E-state index >= 15 is 0 Å². The fourth-order valence-electron chi connectivity index (χ4n) is 3.92. The molecule has 8 nitrogen and oxygen atoms in total. The molecule has 0 bridgehead atoms. The number of rotatable bonds is 5. The van der Waals surface area contributed by atoms with Crippen LogP contribution in [0.4, 0.5) is 5.69 Å². The van der Waals surface area contributed by atoms with E-state index in [1.165, 1.54) is 16.3 Å². The number of hydrogen-bond acceptors (Lipinski definition) is 6. The van der Waals surface area contributed by atoms with Crippen LogP contribution in [0.15, 0.2) is 59.5 Å². The molecular formula is C21H23N3O5S. The maximum atomic E-state index is 13.0. The fourth-order valence-corrected chi connectivity index (χ4v) is 5.36. The molecule has 4 rings (SSSR count). The molecule has 2 aliphatic rings. The molecule has 9 heteroatoms. The van der Waals surface area contributed by atoms with Crippen LogP contribution in [0.25, 0.3) is 0 Å². The summed E-state index contributed by atoms with van der Waals surface area (Å²) in [5.74, 6) is 0.0153. The fraction of sp³-hybridized carbons (Fsp3) is 0.333. The maximum absolute atomic E-state index is 13.0. The number of carbonyl (C=O) groups is 2. The van der Waals surface area contributed by atoms with E-state index in [9.17, 15) is 18.0 Å². The summed E-state index contributed by atoms with van der Waals surface area (Å²) < 4.78 is 32.2. The first-order valence-electron chi connectivity index (χ1n) is 9.72. The van der Waals surface area contributed by atoms with Gasteiger partial charge < -0.3 is 4.74 Å². The van der Waals surface area contributed by atoms with Crippen molar-refractivity contribution in [3.63, 3.8) is 0 Å². The number of carbonyl (C=O) groups excluding carboxylic acids is 2. The van der Waals surface area contributed by atoms with Crippen molar-refractivity contribution in [3.05, 3.63) is 54.6 Å². The third-order valence-electron chi connectivity index (χ3n) is 5.53. The second-order valence-corrected chi connectivity index (χ2v) is 9.18. The van der Waals surface area contributed by atoms with Crippen LogP contribution in [0.3, 0.4) is 0 Å². The van der Waals surface area contributed by atoms with Crippen molar-refractivity contribution in [2.24, 2.45) is 0 Å². The SMILES string of the molecule is COc1cccc(N2C(=O)C[C@H](N3CCN(S(=O)(=O)c4ccccc4)CC3)C2=O)c1. The van der Waals surface area contributed by atoms with E-state index in [1.54, 1.807) is 54.6 Å². The first kappa shape index (κ1) is 20.5. The van der Waals surface area contributed by atoms with Crippen molar-refractivity contribution in [1.82, 2.24) is 9.21 Å². The average Bonchev–Trinajstić information content (AvgIpc) is 3.08. The van der Waals surface area contributed by atoms with Gasteiger partial charge in [-0.2, -0.15) is 4.31 Å². The lowest BCUT2D eigenvalue weighted by Crippen LogP contribution is -2.53. The van der Waals surface area contributed by atoms with E-state index in [2.05, 4.69) is 0 Å². The van der Waals surface area contributed by atoms with Crippen LogP contribution >= 0.6 is 0 Å². The summed E-state index contributed by atoms with van der Waals surface area (Å²) in [6.07, 6.45) is 0.0848. The third-order valence-corrected chi connectivity index (χ3v) is 7.44. The highest BCUT2D eigenvalue weighted by Crippen LogP contribution is 2.29. The van der Waals surface area contributed by atoms with Gasteiger partial charge >= 0.3 is 0 Å². The summed E-state index contributed by atoms with van der Waals surface area (Å²) in [4.78, 5) is 28.9. The Labute approximate surface area is 175 Å². The predicted octanol–water partition coefficient (Wildman–Crippen LogP) is 1.33. The van der Waals surface area contributed by atoms with Crippen molar-refractivity contribution in [2.75, 3.05) is 38.2 Å². The Morgan fingerprint density at radius 3 is 2.30 bits per heavy atom. The van der Waals surface area contributed by atoms with Gasteiger partial charge in [-0.05, 0) is 24.3 Å². The number of imide groups is 1. The zero-order valence-electron chi connectivity index (χ0n) is 16.6. The first-order chi connectivity index (χ1) is 14.4. The Balaban J connectivity index is 1.45. The smallest absolute Gasteiger partial charge is 0.251 e. The molecule has 2 heterocycles. The number of methoxy groups -OCH3 is 1. The molecule has 0 N–H and O–H groups in total. The van der Waals surface area contributed by atoms with Crippen LogP contribution in [0.5, 0.6) is 5.75 Å². The van der Waals surface area contributed by atoms with Crippen molar-refractivity contribution in [2.45, 2.75) is 17.4 Å². The molecular weight excluding hydrogens is 406 g/mol. The molecule has 0 aromatic heterocycles. The number of sulfonamides is 1. The normalized spacial score (nSPS) is 21.2. The van der Waals surface area contributed by atoms with Gasteiger partial charge in [0, 0.05) is 32.2 Å². The standard InChI is InChI=1S/C21H23N3O5S/c1-29-17-7-5-6-16(14-17)24-20(25)15-19(21(24)26)22-10-12-23(13-11-22)30(27,28)18-8-3-2-4-9-18/h2-9,14,19H,10-13,15H2,1H3/t19-/m0/s1. The second kappa shape index (κ2) is 8.17. The largest absolute Gasteiger partial charge is 0.497 e. The molecule has 0 spiro atoms. The minimum absolute atomic E-state index is 0.0848. The quantitative estimate of drug-likeness (QED) is 0.667. The number of amides is 2. The zero-order valence-corrected chi connectivity index (χ0v) is 17.4.